The Morgan fingerprint density at radius 3 is 2.67 bits per heavy atom. The molecular formula is C9H8F3NO2. The Morgan fingerprint density at radius 1 is 1.60 bits per heavy atom. The molecule has 0 atom stereocenters. The lowest BCUT2D eigenvalue weighted by Crippen LogP contribution is -2.08. The second-order valence-corrected chi connectivity index (χ2v) is 3.00. The van der Waals surface area contributed by atoms with Crippen LogP contribution < -0.4 is 0 Å². The summed E-state index contributed by atoms with van der Waals surface area (Å²) < 4.78 is 37.8. The van der Waals surface area contributed by atoms with Crippen LogP contribution >= 0.6 is 0 Å². The number of aromatic nitrogens is 1. The van der Waals surface area contributed by atoms with Gasteiger partial charge in [0.15, 0.2) is 0 Å². The third kappa shape index (κ3) is 2.68. The van der Waals surface area contributed by atoms with E-state index in [0.29, 0.717) is 0 Å². The number of carboxylic acid groups (broad SMARTS) is 1. The summed E-state index contributed by atoms with van der Waals surface area (Å²) in [5.41, 5.74) is -1.10. The fourth-order valence-electron chi connectivity index (χ4n) is 1.12. The lowest BCUT2D eigenvalue weighted by Gasteiger charge is -2.06. The quantitative estimate of drug-likeness (QED) is 0.846. The zero-order valence-corrected chi connectivity index (χ0v) is 7.80. The number of nitrogens with zero attached hydrogens (tertiary/aromatic N) is 1. The molecular weight excluding hydrogens is 211 g/mol. The SMILES string of the molecule is Cc1cc(C(F)F)nc(CC(=O)O)c1F. The summed E-state index contributed by atoms with van der Waals surface area (Å²) in [7, 11) is 0. The Balaban J connectivity index is 3.18. The molecule has 1 aromatic heterocycles. The number of hydrogen-bond donors (Lipinski definition) is 1. The molecule has 6 heteroatoms. The van der Waals surface area contributed by atoms with Crippen LogP contribution in [-0.4, -0.2) is 16.1 Å². The van der Waals surface area contributed by atoms with E-state index in [-0.39, 0.29) is 5.56 Å². The number of carboxylic acids is 1. The predicted octanol–water partition coefficient (Wildman–Crippen LogP) is 2.09. The molecule has 0 aromatic carbocycles. The predicted molar refractivity (Wildman–Crippen MR) is 45.2 cm³/mol. The number of hydrogen-bond acceptors (Lipinski definition) is 2. The summed E-state index contributed by atoms with van der Waals surface area (Å²) in [5, 5.41) is 8.42. The minimum Gasteiger partial charge on any atom is -0.481 e. The van der Waals surface area contributed by atoms with E-state index in [9.17, 15) is 18.0 Å². The first kappa shape index (κ1) is 11.5. The highest BCUT2D eigenvalue weighted by atomic mass is 19.3. The van der Waals surface area contributed by atoms with E-state index in [4.69, 9.17) is 5.11 Å². The molecule has 0 saturated carbocycles. The van der Waals surface area contributed by atoms with E-state index in [2.05, 4.69) is 4.98 Å². The Hall–Kier alpha value is -1.59. The van der Waals surface area contributed by atoms with Crippen molar-refractivity contribution < 1.29 is 23.1 Å². The van der Waals surface area contributed by atoms with Gasteiger partial charge in [-0.1, -0.05) is 0 Å². The number of alkyl halides is 2. The molecule has 0 aliphatic rings. The standard InChI is InChI=1S/C9H8F3NO2/c1-4-2-6(9(11)12)13-5(8(4)10)3-7(14)15/h2,9H,3H2,1H3,(H,14,15). The molecule has 0 radical (unpaired) electrons. The largest absolute Gasteiger partial charge is 0.481 e. The van der Waals surface area contributed by atoms with Gasteiger partial charge in [0.25, 0.3) is 6.43 Å². The highest BCUT2D eigenvalue weighted by Gasteiger charge is 2.17. The first-order valence-corrected chi connectivity index (χ1v) is 4.07. The van der Waals surface area contributed by atoms with Crippen LogP contribution in [0.4, 0.5) is 13.2 Å². The van der Waals surface area contributed by atoms with Crippen LogP contribution in [0.15, 0.2) is 6.07 Å². The molecule has 3 nitrogen and oxygen atoms in total. The van der Waals surface area contributed by atoms with Crippen molar-refractivity contribution >= 4 is 5.97 Å². The number of carbonyl (C=O) groups is 1. The maximum absolute atomic E-state index is 13.2. The zero-order valence-electron chi connectivity index (χ0n) is 7.80. The van der Waals surface area contributed by atoms with E-state index in [1.165, 1.54) is 6.92 Å². The second-order valence-electron chi connectivity index (χ2n) is 3.00. The summed E-state index contributed by atoms with van der Waals surface area (Å²) in [4.78, 5) is 13.6. The Bertz CT molecular complexity index is 393. The molecule has 1 aromatic rings. The summed E-state index contributed by atoms with van der Waals surface area (Å²) in [6.07, 6.45) is -3.54. The molecule has 0 unspecified atom stereocenters. The van der Waals surface area contributed by atoms with Crippen LogP contribution in [-0.2, 0) is 11.2 Å². The highest BCUT2D eigenvalue weighted by Crippen LogP contribution is 2.21. The van der Waals surface area contributed by atoms with E-state index < -0.39 is 36.0 Å². The van der Waals surface area contributed by atoms with Crippen molar-refractivity contribution in [3.05, 3.63) is 28.8 Å². The van der Waals surface area contributed by atoms with Crippen LogP contribution in [0.5, 0.6) is 0 Å². The summed E-state index contributed by atoms with van der Waals surface area (Å²) in [6.45, 7) is 1.29. The van der Waals surface area contributed by atoms with Crippen molar-refractivity contribution in [1.82, 2.24) is 4.98 Å². The Labute approximate surface area is 83.6 Å². The molecule has 0 fully saturated rings. The van der Waals surface area contributed by atoms with E-state index >= 15 is 0 Å². The molecule has 0 saturated heterocycles. The third-order valence-corrected chi connectivity index (χ3v) is 1.77. The Morgan fingerprint density at radius 2 is 2.20 bits per heavy atom. The number of pyridine rings is 1. The average molecular weight is 219 g/mol. The minimum absolute atomic E-state index is 0.0310. The van der Waals surface area contributed by atoms with Crippen molar-refractivity contribution in [1.29, 1.82) is 0 Å². The van der Waals surface area contributed by atoms with Crippen molar-refractivity contribution in [3.63, 3.8) is 0 Å². The van der Waals surface area contributed by atoms with Gasteiger partial charge in [-0.3, -0.25) is 4.79 Å². The number of rotatable bonds is 3. The lowest BCUT2D eigenvalue weighted by atomic mass is 10.1. The normalized spacial score (nSPS) is 10.7. The molecule has 0 aliphatic carbocycles. The van der Waals surface area contributed by atoms with Gasteiger partial charge in [-0.2, -0.15) is 0 Å². The summed E-state index contributed by atoms with van der Waals surface area (Å²) in [6, 6.07) is 0.908. The first-order chi connectivity index (χ1) is 6.91. The van der Waals surface area contributed by atoms with Crippen LogP contribution in [0.2, 0.25) is 0 Å². The zero-order chi connectivity index (χ0) is 11.6. The van der Waals surface area contributed by atoms with Gasteiger partial charge in [-0.15, -0.1) is 0 Å². The molecule has 1 rings (SSSR count). The molecule has 0 spiro atoms. The van der Waals surface area contributed by atoms with Crippen LogP contribution in [0.25, 0.3) is 0 Å². The van der Waals surface area contributed by atoms with Crippen molar-refractivity contribution in [2.24, 2.45) is 0 Å². The van der Waals surface area contributed by atoms with Gasteiger partial charge in [-0.25, -0.2) is 18.2 Å². The van der Waals surface area contributed by atoms with Gasteiger partial charge in [-0.05, 0) is 18.6 Å². The molecule has 82 valence electrons. The van der Waals surface area contributed by atoms with Crippen LogP contribution in [0, 0.1) is 12.7 Å². The van der Waals surface area contributed by atoms with Crippen molar-refractivity contribution in [2.75, 3.05) is 0 Å². The van der Waals surface area contributed by atoms with E-state index in [1.54, 1.807) is 0 Å². The van der Waals surface area contributed by atoms with E-state index in [1.807, 2.05) is 0 Å². The molecule has 0 aliphatic heterocycles. The summed E-state index contributed by atoms with van der Waals surface area (Å²) >= 11 is 0. The van der Waals surface area contributed by atoms with Gasteiger partial charge in [0, 0.05) is 0 Å². The molecule has 0 amide bonds. The molecule has 0 bridgehead atoms. The summed E-state index contributed by atoms with van der Waals surface area (Å²) in [5.74, 6) is -2.16. The number of aryl methyl sites for hydroxylation is 1. The van der Waals surface area contributed by atoms with Gasteiger partial charge in [0.2, 0.25) is 0 Å². The molecule has 15 heavy (non-hydrogen) atoms. The number of aliphatic carboxylic acids is 1. The lowest BCUT2D eigenvalue weighted by molar-refractivity contribution is -0.136. The Kier molecular flexibility index (Phi) is 3.28. The fourth-order valence-corrected chi connectivity index (χ4v) is 1.12. The molecule has 1 heterocycles. The number of halogens is 3. The minimum atomic E-state index is -2.84. The first-order valence-electron chi connectivity index (χ1n) is 4.07. The van der Waals surface area contributed by atoms with Gasteiger partial charge in [0.05, 0.1) is 12.1 Å². The second kappa shape index (κ2) is 4.29. The third-order valence-electron chi connectivity index (χ3n) is 1.77. The van der Waals surface area contributed by atoms with E-state index in [0.717, 1.165) is 6.07 Å². The topological polar surface area (TPSA) is 50.2 Å². The maximum atomic E-state index is 13.2. The van der Waals surface area contributed by atoms with Crippen molar-refractivity contribution in [3.8, 4) is 0 Å². The van der Waals surface area contributed by atoms with Crippen LogP contribution in [0.1, 0.15) is 23.4 Å². The fraction of sp³-hybridized carbons (Fsp3) is 0.333. The van der Waals surface area contributed by atoms with Crippen LogP contribution in [0.3, 0.4) is 0 Å². The van der Waals surface area contributed by atoms with Gasteiger partial charge in [0.1, 0.15) is 11.5 Å². The monoisotopic (exact) mass is 219 g/mol. The van der Waals surface area contributed by atoms with Crippen molar-refractivity contribution in [2.45, 2.75) is 19.8 Å². The smallest absolute Gasteiger partial charge is 0.309 e. The highest BCUT2D eigenvalue weighted by molar-refractivity contribution is 5.69. The van der Waals surface area contributed by atoms with Gasteiger partial charge < -0.3 is 5.11 Å². The maximum Gasteiger partial charge on any atom is 0.309 e. The van der Waals surface area contributed by atoms with Gasteiger partial charge >= 0.3 is 5.97 Å². The molecule has 1 N–H and O–H groups in total. The average Bonchev–Trinajstić information content (AvgIpc) is 2.11.